The number of hydrogen-bond donors (Lipinski definition) is 2. The van der Waals surface area contributed by atoms with E-state index in [4.69, 9.17) is 5.73 Å². The van der Waals surface area contributed by atoms with Crippen LogP contribution in [0.5, 0.6) is 0 Å². The minimum absolute atomic E-state index is 0.279. The van der Waals surface area contributed by atoms with E-state index >= 15 is 0 Å². The van der Waals surface area contributed by atoms with Crippen molar-refractivity contribution in [2.75, 3.05) is 11.1 Å². The molecule has 0 aliphatic rings. The summed E-state index contributed by atoms with van der Waals surface area (Å²) >= 11 is 0. The maximum atomic E-state index is 12.1. The molecule has 0 saturated carbocycles. The Morgan fingerprint density at radius 3 is 2.95 bits per heavy atom. The third-order valence-electron chi connectivity index (χ3n) is 3.09. The van der Waals surface area contributed by atoms with Gasteiger partial charge in [-0.2, -0.15) is 5.10 Å². The first kappa shape index (κ1) is 12.2. The first-order valence-electron chi connectivity index (χ1n) is 6.09. The van der Waals surface area contributed by atoms with Crippen LogP contribution >= 0.6 is 0 Å². The number of amides is 1. The Bertz CT molecular complexity index is 793. The average molecular weight is 267 g/mol. The number of hydrogen-bond acceptors (Lipinski definition) is 4. The van der Waals surface area contributed by atoms with Crippen molar-refractivity contribution in [3.05, 3.63) is 48.3 Å². The van der Waals surface area contributed by atoms with Crippen molar-refractivity contribution in [3.63, 3.8) is 0 Å². The summed E-state index contributed by atoms with van der Waals surface area (Å²) in [5, 5.41) is 7.72. The van der Waals surface area contributed by atoms with Gasteiger partial charge in [0.25, 0.3) is 5.91 Å². The molecule has 3 N–H and O–H groups in total. The number of aryl methyl sites for hydroxylation is 1. The summed E-state index contributed by atoms with van der Waals surface area (Å²) in [5.41, 5.74) is 7.71. The third kappa shape index (κ3) is 2.07. The van der Waals surface area contributed by atoms with Crippen molar-refractivity contribution >= 4 is 28.3 Å². The fourth-order valence-corrected chi connectivity index (χ4v) is 1.97. The topological polar surface area (TPSA) is 85.8 Å². The fourth-order valence-electron chi connectivity index (χ4n) is 1.97. The number of anilines is 2. The van der Waals surface area contributed by atoms with Crippen LogP contribution < -0.4 is 11.1 Å². The number of aromatic nitrogens is 3. The number of nitrogens with one attached hydrogen (secondary N) is 1. The zero-order valence-corrected chi connectivity index (χ0v) is 10.9. The number of nitrogen functional groups attached to an aromatic ring is 1. The van der Waals surface area contributed by atoms with Crippen LogP contribution in [0.25, 0.3) is 10.9 Å². The quantitative estimate of drug-likeness (QED) is 0.741. The molecule has 3 aromatic rings. The van der Waals surface area contributed by atoms with Crippen LogP contribution in [0, 0.1) is 0 Å². The molecule has 1 aromatic carbocycles. The van der Waals surface area contributed by atoms with Gasteiger partial charge in [-0.3, -0.25) is 14.5 Å². The zero-order valence-electron chi connectivity index (χ0n) is 10.9. The molecule has 0 unspecified atom stereocenters. The van der Waals surface area contributed by atoms with Gasteiger partial charge in [0.05, 0.1) is 11.7 Å². The van der Waals surface area contributed by atoms with E-state index in [0.29, 0.717) is 17.1 Å². The Morgan fingerprint density at radius 1 is 1.35 bits per heavy atom. The molecule has 0 bridgehead atoms. The van der Waals surface area contributed by atoms with Crippen molar-refractivity contribution < 1.29 is 4.79 Å². The molecule has 0 saturated heterocycles. The predicted molar refractivity (Wildman–Crippen MR) is 77.3 cm³/mol. The van der Waals surface area contributed by atoms with Crippen molar-refractivity contribution in [1.82, 2.24) is 14.8 Å². The molecule has 0 fully saturated rings. The highest BCUT2D eigenvalue weighted by molar-refractivity contribution is 6.07. The largest absolute Gasteiger partial charge is 0.383 e. The van der Waals surface area contributed by atoms with E-state index in [2.05, 4.69) is 15.4 Å². The summed E-state index contributed by atoms with van der Waals surface area (Å²) in [5.74, 6) is 0.0591. The van der Waals surface area contributed by atoms with Gasteiger partial charge in [-0.1, -0.05) is 6.07 Å². The second-order valence-corrected chi connectivity index (χ2v) is 4.43. The average Bonchev–Trinajstić information content (AvgIpc) is 2.79. The first-order chi connectivity index (χ1) is 9.65. The highest BCUT2D eigenvalue weighted by atomic mass is 16.1. The molecule has 3 rings (SSSR count). The number of fused-ring (bicyclic) bond motifs is 1. The molecule has 6 nitrogen and oxygen atoms in total. The Kier molecular flexibility index (Phi) is 2.83. The highest BCUT2D eigenvalue weighted by Crippen LogP contribution is 2.18. The van der Waals surface area contributed by atoms with Gasteiger partial charge in [-0.05, 0) is 24.3 Å². The molecule has 0 atom stereocenters. The Morgan fingerprint density at radius 2 is 2.20 bits per heavy atom. The SMILES string of the molecule is Cn1ncc(C(=O)Nc2ccc3ncccc3c2)c1N. The smallest absolute Gasteiger partial charge is 0.261 e. The van der Waals surface area contributed by atoms with Gasteiger partial charge in [0.15, 0.2) is 0 Å². The van der Waals surface area contributed by atoms with Gasteiger partial charge in [0, 0.05) is 24.3 Å². The van der Waals surface area contributed by atoms with Crippen molar-refractivity contribution in [1.29, 1.82) is 0 Å². The van der Waals surface area contributed by atoms with Crippen LogP contribution in [-0.4, -0.2) is 20.7 Å². The molecule has 0 aliphatic carbocycles. The van der Waals surface area contributed by atoms with Crippen LogP contribution in [0.4, 0.5) is 11.5 Å². The highest BCUT2D eigenvalue weighted by Gasteiger charge is 2.13. The second-order valence-electron chi connectivity index (χ2n) is 4.43. The summed E-state index contributed by atoms with van der Waals surface area (Å²) in [7, 11) is 1.69. The number of pyridine rings is 1. The first-order valence-corrected chi connectivity index (χ1v) is 6.09. The van der Waals surface area contributed by atoms with E-state index in [1.165, 1.54) is 10.9 Å². The molecule has 100 valence electrons. The summed E-state index contributed by atoms with van der Waals surface area (Å²) in [6, 6.07) is 9.33. The van der Waals surface area contributed by atoms with E-state index in [9.17, 15) is 4.79 Å². The lowest BCUT2D eigenvalue weighted by Gasteiger charge is -2.06. The van der Waals surface area contributed by atoms with E-state index < -0.39 is 0 Å². The van der Waals surface area contributed by atoms with Crippen LogP contribution in [-0.2, 0) is 7.05 Å². The van der Waals surface area contributed by atoms with Gasteiger partial charge < -0.3 is 11.1 Å². The fraction of sp³-hybridized carbons (Fsp3) is 0.0714. The second kappa shape index (κ2) is 4.65. The molecule has 2 heterocycles. The molecule has 0 spiro atoms. The summed E-state index contributed by atoms with van der Waals surface area (Å²) in [6.07, 6.45) is 3.18. The summed E-state index contributed by atoms with van der Waals surface area (Å²) < 4.78 is 1.46. The number of rotatable bonds is 2. The van der Waals surface area contributed by atoms with E-state index in [-0.39, 0.29) is 5.91 Å². The monoisotopic (exact) mass is 267 g/mol. The predicted octanol–water partition coefficient (Wildman–Crippen LogP) is 1.80. The Balaban J connectivity index is 1.89. The number of benzene rings is 1. The summed E-state index contributed by atoms with van der Waals surface area (Å²) in [6.45, 7) is 0. The van der Waals surface area contributed by atoms with Gasteiger partial charge in [-0.25, -0.2) is 0 Å². The molecule has 0 radical (unpaired) electrons. The van der Waals surface area contributed by atoms with Gasteiger partial charge in [0.1, 0.15) is 11.4 Å². The van der Waals surface area contributed by atoms with Gasteiger partial charge in [-0.15, -0.1) is 0 Å². The van der Waals surface area contributed by atoms with Crippen molar-refractivity contribution in [2.24, 2.45) is 7.05 Å². The number of carbonyl (C=O) groups is 1. The lowest BCUT2D eigenvalue weighted by molar-refractivity contribution is 0.102. The Labute approximate surface area is 115 Å². The van der Waals surface area contributed by atoms with Crippen LogP contribution in [0.2, 0.25) is 0 Å². The van der Waals surface area contributed by atoms with Crippen molar-refractivity contribution in [3.8, 4) is 0 Å². The van der Waals surface area contributed by atoms with Gasteiger partial charge >= 0.3 is 0 Å². The Hall–Kier alpha value is -2.89. The molecule has 2 aromatic heterocycles. The molecule has 0 aliphatic heterocycles. The standard InChI is InChI=1S/C14H13N5O/c1-19-13(15)11(8-17-19)14(20)18-10-4-5-12-9(7-10)3-2-6-16-12/h2-8H,15H2,1H3,(H,18,20). The molecule has 6 heteroatoms. The van der Waals surface area contributed by atoms with Crippen LogP contribution in [0.3, 0.4) is 0 Å². The minimum Gasteiger partial charge on any atom is -0.383 e. The number of nitrogens with zero attached hydrogens (tertiary/aromatic N) is 3. The van der Waals surface area contributed by atoms with Crippen LogP contribution in [0.1, 0.15) is 10.4 Å². The minimum atomic E-state index is -0.279. The van der Waals surface area contributed by atoms with Crippen LogP contribution in [0.15, 0.2) is 42.7 Å². The molecule has 1 amide bonds. The van der Waals surface area contributed by atoms with E-state index in [0.717, 1.165) is 10.9 Å². The normalized spacial score (nSPS) is 10.7. The maximum absolute atomic E-state index is 12.1. The molecular weight excluding hydrogens is 254 g/mol. The molecular formula is C14H13N5O. The lowest BCUT2D eigenvalue weighted by Crippen LogP contribution is -2.13. The lowest BCUT2D eigenvalue weighted by atomic mass is 10.2. The maximum Gasteiger partial charge on any atom is 0.261 e. The molecule has 20 heavy (non-hydrogen) atoms. The summed E-state index contributed by atoms with van der Waals surface area (Å²) in [4.78, 5) is 16.4. The van der Waals surface area contributed by atoms with E-state index in [1.54, 1.807) is 19.3 Å². The number of nitrogens with two attached hydrogens (primary N) is 1. The van der Waals surface area contributed by atoms with Crippen molar-refractivity contribution in [2.45, 2.75) is 0 Å². The third-order valence-corrected chi connectivity index (χ3v) is 3.09. The van der Waals surface area contributed by atoms with Gasteiger partial charge in [0.2, 0.25) is 0 Å². The number of carbonyl (C=O) groups excluding carboxylic acids is 1. The zero-order chi connectivity index (χ0) is 14.1. The van der Waals surface area contributed by atoms with E-state index in [1.807, 2.05) is 24.3 Å².